The molecule has 1 unspecified atom stereocenters. The molecule has 0 radical (unpaired) electrons. The highest BCUT2D eigenvalue weighted by Gasteiger charge is 2.08. The van der Waals surface area contributed by atoms with Gasteiger partial charge in [0, 0.05) is 15.6 Å². The predicted molar refractivity (Wildman–Crippen MR) is 90.5 cm³/mol. The van der Waals surface area contributed by atoms with E-state index in [0.29, 0.717) is 6.04 Å². The molecule has 2 rings (SSSR count). The molecule has 0 amide bonds. The summed E-state index contributed by atoms with van der Waals surface area (Å²) < 4.78 is 1.39. The summed E-state index contributed by atoms with van der Waals surface area (Å²) >= 11 is 3.86. The van der Waals surface area contributed by atoms with Crippen molar-refractivity contribution in [1.82, 2.24) is 5.32 Å². The topological polar surface area (TPSA) is 12.0 Å². The predicted octanol–water partition coefficient (Wildman–Crippen LogP) is 5.09. The molecule has 1 N–H and O–H groups in total. The zero-order valence-corrected chi connectivity index (χ0v) is 13.4. The summed E-state index contributed by atoms with van der Waals surface area (Å²) in [6.45, 7) is 3.40. The van der Waals surface area contributed by atoms with E-state index in [1.807, 2.05) is 23.1 Å². The van der Waals surface area contributed by atoms with E-state index in [1.54, 1.807) is 0 Å². The molecule has 1 heterocycles. The van der Waals surface area contributed by atoms with Gasteiger partial charge in [0.15, 0.2) is 0 Å². The first-order valence-electron chi connectivity index (χ1n) is 7.02. The van der Waals surface area contributed by atoms with Crippen molar-refractivity contribution in [2.45, 2.75) is 32.2 Å². The SMILES string of the molecule is CSCCCCCNC(C)c1cc2ccccc2s1. The number of rotatable bonds is 8. The van der Waals surface area contributed by atoms with E-state index in [-0.39, 0.29) is 0 Å². The summed E-state index contributed by atoms with van der Waals surface area (Å²) in [6.07, 6.45) is 6.16. The van der Waals surface area contributed by atoms with Crippen LogP contribution >= 0.6 is 23.1 Å². The highest BCUT2D eigenvalue weighted by molar-refractivity contribution is 7.98. The van der Waals surface area contributed by atoms with Gasteiger partial charge in [-0.15, -0.1) is 11.3 Å². The maximum atomic E-state index is 3.64. The Morgan fingerprint density at radius 1 is 1.21 bits per heavy atom. The van der Waals surface area contributed by atoms with Gasteiger partial charge < -0.3 is 5.32 Å². The Labute approximate surface area is 124 Å². The Hall–Kier alpha value is -0.510. The number of benzene rings is 1. The lowest BCUT2D eigenvalue weighted by atomic mass is 10.2. The highest BCUT2D eigenvalue weighted by atomic mass is 32.2. The van der Waals surface area contributed by atoms with E-state index in [4.69, 9.17) is 0 Å². The molecule has 0 aliphatic carbocycles. The third kappa shape index (κ3) is 4.51. The lowest BCUT2D eigenvalue weighted by molar-refractivity contribution is 0.551. The first-order valence-corrected chi connectivity index (χ1v) is 9.23. The average Bonchev–Trinajstić information content (AvgIpc) is 2.86. The highest BCUT2D eigenvalue weighted by Crippen LogP contribution is 2.29. The molecule has 0 saturated carbocycles. The summed E-state index contributed by atoms with van der Waals surface area (Å²) in [6, 6.07) is 11.4. The van der Waals surface area contributed by atoms with E-state index in [0.717, 1.165) is 6.54 Å². The van der Waals surface area contributed by atoms with Crippen molar-refractivity contribution >= 4 is 33.2 Å². The molecule has 19 heavy (non-hydrogen) atoms. The second-order valence-corrected chi connectivity index (χ2v) is 7.02. The molecule has 0 aliphatic heterocycles. The Morgan fingerprint density at radius 3 is 2.84 bits per heavy atom. The Balaban J connectivity index is 1.78. The van der Waals surface area contributed by atoms with Crippen molar-refractivity contribution in [3.63, 3.8) is 0 Å². The van der Waals surface area contributed by atoms with Gasteiger partial charge in [0.25, 0.3) is 0 Å². The minimum Gasteiger partial charge on any atom is -0.309 e. The van der Waals surface area contributed by atoms with E-state index >= 15 is 0 Å². The molecule has 0 fully saturated rings. The van der Waals surface area contributed by atoms with Crippen LogP contribution in [0.2, 0.25) is 0 Å². The van der Waals surface area contributed by atoms with Gasteiger partial charge >= 0.3 is 0 Å². The second kappa shape index (κ2) is 7.93. The van der Waals surface area contributed by atoms with Crippen LogP contribution in [0.4, 0.5) is 0 Å². The molecule has 0 spiro atoms. The molecule has 1 aromatic carbocycles. The summed E-state index contributed by atoms with van der Waals surface area (Å²) in [4.78, 5) is 1.45. The van der Waals surface area contributed by atoms with Gasteiger partial charge in [-0.1, -0.05) is 24.6 Å². The minimum absolute atomic E-state index is 0.470. The van der Waals surface area contributed by atoms with Crippen LogP contribution in [0.15, 0.2) is 30.3 Å². The first kappa shape index (κ1) is 14.9. The summed E-state index contributed by atoms with van der Waals surface area (Å²) in [7, 11) is 0. The van der Waals surface area contributed by atoms with E-state index in [9.17, 15) is 0 Å². The van der Waals surface area contributed by atoms with Gasteiger partial charge in [0.1, 0.15) is 0 Å². The molecule has 0 aliphatic rings. The third-order valence-electron chi connectivity index (χ3n) is 3.35. The largest absolute Gasteiger partial charge is 0.309 e. The lowest BCUT2D eigenvalue weighted by Crippen LogP contribution is -2.18. The Kier molecular flexibility index (Phi) is 6.21. The van der Waals surface area contributed by atoms with Crippen LogP contribution in [-0.4, -0.2) is 18.6 Å². The fourth-order valence-corrected chi connectivity index (χ4v) is 3.77. The number of thioether (sulfide) groups is 1. The number of hydrogen-bond acceptors (Lipinski definition) is 3. The number of nitrogens with one attached hydrogen (secondary N) is 1. The molecule has 3 heteroatoms. The monoisotopic (exact) mass is 293 g/mol. The maximum absolute atomic E-state index is 3.64. The minimum atomic E-state index is 0.470. The summed E-state index contributed by atoms with van der Waals surface area (Å²) in [5, 5.41) is 5.01. The molecule has 0 saturated heterocycles. The van der Waals surface area contributed by atoms with Crippen molar-refractivity contribution in [3.05, 3.63) is 35.2 Å². The first-order chi connectivity index (χ1) is 9.31. The van der Waals surface area contributed by atoms with Gasteiger partial charge in [-0.3, -0.25) is 0 Å². The molecule has 104 valence electrons. The zero-order valence-electron chi connectivity index (χ0n) is 11.8. The molecular weight excluding hydrogens is 270 g/mol. The maximum Gasteiger partial charge on any atom is 0.0386 e. The van der Waals surface area contributed by atoms with E-state index in [2.05, 4.69) is 48.8 Å². The standard InChI is InChI=1S/C16H23NS2/c1-13(17-10-6-3-7-11-18-2)16-12-14-8-4-5-9-15(14)19-16/h4-5,8-9,12-13,17H,3,6-7,10-11H2,1-2H3. The van der Waals surface area contributed by atoms with Gasteiger partial charge in [-0.25, -0.2) is 0 Å². The summed E-state index contributed by atoms with van der Waals surface area (Å²) in [5.41, 5.74) is 0. The molecule has 2 aromatic rings. The number of fused-ring (bicyclic) bond motifs is 1. The fourth-order valence-electron chi connectivity index (χ4n) is 2.18. The van der Waals surface area contributed by atoms with Crippen molar-refractivity contribution in [1.29, 1.82) is 0 Å². The van der Waals surface area contributed by atoms with Gasteiger partial charge in [-0.2, -0.15) is 11.8 Å². The van der Waals surface area contributed by atoms with Crippen LogP contribution in [0, 0.1) is 0 Å². The number of hydrogen-bond donors (Lipinski definition) is 1. The van der Waals surface area contributed by atoms with Crippen LogP contribution in [0.3, 0.4) is 0 Å². The smallest absolute Gasteiger partial charge is 0.0386 e. The van der Waals surface area contributed by atoms with E-state index in [1.165, 1.54) is 40.0 Å². The fraction of sp³-hybridized carbons (Fsp3) is 0.500. The van der Waals surface area contributed by atoms with Crippen molar-refractivity contribution in [2.24, 2.45) is 0 Å². The molecule has 1 nitrogen and oxygen atoms in total. The lowest BCUT2D eigenvalue weighted by Gasteiger charge is -2.11. The number of thiophene rings is 1. The van der Waals surface area contributed by atoms with Crippen molar-refractivity contribution in [3.8, 4) is 0 Å². The second-order valence-electron chi connectivity index (χ2n) is 4.92. The Morgan fingerprint density at radius 2 is 2.05 bits per heavy atom. The van der Waals surface area contributed by atoms with Crippen LogP contribution in [0.5, 0.6) is 0 Å². The summed E-state index contributed by atoms with van der Waals surface area (Å²) in [5.74, 6) is 1.30. The quantitative estimate of drug-likeness (QED) is 0.681. The molecule has 1 aromatic heterocycles. The molecule has 1 atom stereocenters. The molecular formula is C16H23NS2. The van der Waals surface area contributed by atoms with Crippen molar-refractivity contribution < 1.29 is 0 Å². The van der Waals surface area contributed by atoms with Gasteiger partial charge in [0.05, 0.1) is 0 Å². The molecule has 0 bridgehead atoms. The zero-order chi connectivity index (χ0) is 13.5. The average molecular weight is 294 g/mol. The van der Waals surface area contributed by atoms with E-state index < -0.39 is 0 Å². The third-order valence-corrected chi connectivity index (χ3v) is 5.34. The van der Waals surface area contributed by atoms with Crippen LogP contribution < -0.4 is 5.32 Å². The van der Waals surface area contributed by atoms with Crippen LogP contribution in [0.1, 0.15) is 37.1 Å². The number of unbranched alkanes of at least 4 members (excludes halogenated alkanes) is 2. The normalized spacial score (nSPS) is 12.9. The van der Waals surface area contributed by atoms with Crippen molar-refractivity contribution in [2.75, 3.05) is 18.6 Å². The van der Waals surface area contributed by atoms with Gasteiger partial charge in [0.2, 0.25) is 0 Å². The van der Waals surface area contributed by atoms with Crippen LogP contribution in [0.25, 0.3) is 10.1 Å². The van der Waals surface area contributed by atoms with Gasteiger partial charge in [-0.05, 0) is 55.8 Å². The van der Waals surface area contributed by atoms with Crippen LogP contribution in [-0.2, 0) is 0 Å². The Bertz CT molecular complexity index is 459.